The van der Waals surface area contributed by atoms with Gasteiger partial charge in [0.25, 0.3) is 0 Å². The van der Waals surface area contributed by atoms with Gasteiger partial charge in [0.15, 0.2) is 0 Å². The lowest BCUT2D eigenvalue weighted by Crippen LogP contribution is -2.47. The van der Waals surface area contributed by atoms with Gasteiger partial charge in [0.1, 0.15) is 11.5 Å². The molecular weight excluding hydrogens is 416 g/mol. The highest BCUT2D eigenvalue weighted by Gasteiger charge is 2.32. The summed E-state index contributed by atoms with van der Waals surface area (Å²) in [5.74, 6) is -0.563. The van der Waals surface area contributed by atoms with Gasteiger partial charge in [-0.2, -0.15) is 5.10 Å². The number of carbonyl (C=O) groups is 2. The van der Waals surface area contributed by atoms with Crippen molar-refractivity contribution in [2.45, 2.75) is 47.6 Å². The molecule has 0 radical (unpaired) electrons. The van der Waals surface area contributed by atoms with Crippen molar-refractivity contribution in [2.75, 3.05) is 13.1 Å². The van der Waals surface area contributed by atoms with Crippen molar-refractivity contribution >= 4 is 22.8 Å². The van der Waals surface area contributed by atoms with Crippen LogP contribution in [0.2, 0.25) is 0 Å². The molecule has 0 saturated carbocycles. The minimum absolute atomic E-state index is 0.126. The van der Waals surface area contributed by atoms with E-state index in [1.54, 1.807) is 10.9 Å². The van der Waals surface area contributed by atoms with Gasteiger partial charge in [-0.1, -0.05) is 33.8 Å². The number of aromatic nitrogens is 2. The van der Waals surface area contributed by atoms with E-state index in [1.165, 1.54) is 0 Å². The van der Waals surface area contributed by atoms with Crippen LogP contribution in [-0.2, 0) is 29.6 Å². The third kappa shape index (κ3) is 6.46. The van der Waals surface area contributed by atoms with Gasteiger partial charge < -0.3 is 14.6 Å². The predicted octanol–water partition coefficient (Wildman–Crippen LogP) is 4.09. The van der Waals surface area contributed by atoms with Crippen LogP contribution in [0.5, 0.6) is 0 Å². The van der Waals surface area contributed by atoms with Gasteiger partial charge in [0.05, 0.1) is 12.0 Å². The monoisotopic (exact) mass is 452 g/mol. The van der Waals surface area contributed by atoms with Gasteiger partial charge in [0, 0.05) is 44.2 Å². The topological polar surface area (TPSA) is 80.4 Å². The highest BCUT2D eigenvalue weighted by Crippen LogP contribution is 2.19. The Morgan fingerprint density at radius 2 is 1.79 bits per heavy atom. The molecule has 1 unspecified atom stereocenters. The fourth-order valence-corrected chi connectivity index (χ4v) is 4.15. The average Bonchev–Trinajstić information content (AvgIpc) is 3.33. The Bertz CT molecular complexity index is 1090. The summed E-state index contributed by atoms with van der Waals surface area (Å²) in [4.78, 5) is 28.9. The quantitative estimate of drug-likeness (QED) is 0.470. The molecule has 3 rings (SSSR count). The van der Waals surface area contributed by atoms with Crippen molar-refractivity contribution in [3.05, 3.63) is 53.5 Å². The van der Waals surface area contributed by atoms with Crippen LogP contribution >= 0.6 is 0 Å². The van der Waals surface area contributed by atoms with Crippen LogP contribution in [0.15, 0.2) is 41.0 Å². The lowest BCUT2D eigenvalue weighted by Gasteiger charge is -2.30. The minimum atomic E-state index is -0.810. The SMILES string of the molecule is Cc1cc(CC(C(=O)NCc2ccc3occc3c2)C(=O)N(CC(C)C)CC(C)C)n(C)n1. The van der Waals surface area contributed by atoms with E-state index < -0.39 is 5.92 Å². The zero-order valence-electron chi connectivity index (χ0n) is 20.6. The molecule has 178 valence electrons. The van der Waals surface area contributed by atoms with Crippen molar-refractivity contribution in [1.29, 1.82) is 0 Å². The number of furan rings is 1. The van der Waals surface area contributed by atoms with E-state index in [0.717, 1.165) is 27.9 Å². The molecule has 1 atom stereocenters. The van der Waals surface area contributed by atoms with Crippen molar-refractivity contribution in [2.24, 2.45) is 24.8 Å². The maximum atomic E-state index is 13.7. The van der Waals surface area contributed by atoms with E-state index in [2.05, 4.69) is 38.1 Å². The van der Waals surface area contributed by atoms with Crippen molar-refractivity contribution in [3.63, 3.8) is 0 Å². The standard InChI is InChI=1S/C26H36N4O3/c1-17(2)15-30(16-18(3)4)26(32)23(13-22-11-19(5)28-29(22)6)25(31)27-14-20-7-8-24-21(12-20)9-10-33-24/h7-12,17-18,23H,13-16H2,1-6H3,(H,27,31). The Kier molecular flexibility index (Phi) is 7.95. The highest BCUT2D eigenvalue weighted by molar-refractivity contribution is 6.00. The normalized spacial score (nSPS) is 12.5. The number of fused-ring (bicyclic) bond motifs is 1. The van der Waals surface area contributed by atoms with Crippen LogP contribution in [0, 0.1) is 24.7 Å². The molecule has 0 spiro atoms. The molecule has 1 N–H and O–H groups in total. The van der Waals surface area contributed by atoms with Gasteiger partial charge in [-0.15, -0.1) is 0 Å². The van der Waals surface area contributed by atoms with Gasteiger partial charge in [-0.25, -0.2) is 0 Å². The molecule has 3 aromatic rings. The Morgan fingerprint density at radius 1 is 1.09 bits per heavy atom. The number of rotatable bonds is 10. The van der Waals surface area contributed by atoms with Crippen LogP contribution in [-0.4, -0.2) is 39.6 Å². The summed E-state index contributed by atoms with van der Waals surface area (Å²) in [5.41, 5.74) is 3.51. The molecule has 0 aliphatic heterocycles. The van der Waals surface area contributed by atoms with E-state index in [0.29, 0.717) is 37.9 Å². The van der Waals surface area contributed by atoms with Crippen molar-refractivity contribution < 1.29 is 14.0 Å². The molecule has 0 bridgehead atoms. The summed E-state index contributed by atoms with van der Waals surface area (Å²) >= 11 is 0. The number of carbonyl (C=O) groups excluding carboxylic acids is 2. The average molecular weight is 453 g/mol. The van der Waals surface area contributed by atoms with Gasteiger partial charge in [-0.3, -0.25) is 14.3 Å². The summed E-state index contributed by atoms with van der Waals surface area (Å²) in [6.07, 6.45) is 1.96. The lowest BCUT2D eigenvalue weighted by atomic mass is 9.98. The van der Waals surface area contributed by atoms with Crippen LogP contribution in [0.4, 0.5) is 0 Å². The maximum Gasteiger partial charge on any atom is 0.235 e. The fourth-order valence-electron chi connectivity index (χ4n) is 4.15. The van der Waals surface area contributed by atoms with Gasteiger partial charge in [-0.05, 0) is 48.6 Å². The maximum absolute atomic E-state index is 13.7. The zero-order chi connectivity index (χ0) is 24.1. The Balaban J connectivity index is 1.81. The number of nitrogens with one attached hydrogen (secondary N) is 1. The lowest BCUT2D eigenvalue weighted by molar-refractivity contribution is -0.143. The molecule has 1 aromatic carbocycles. The first kappa shape index (κ1) is 24.6. The molecule has 0 saturated heterocycles. The summed E-state index contributed by atoms with van der Waals surface area (Å²) in [7, 11) is 1.85. The van der Waals surface area contributed by atoms with Crippen LogP contribution in [0.25, 0.3) is 11.0 Å². The molecule has 2 amide bonds. The first-order valence-electron chi connectivity index (χ1n) is 11.7. The number of hydrogen-bond donors (Lipinski definition) is 1. The summed E-state index contributed by atoms with van der Waals surface area (Å²) in [6, 6.07) is 9.65. The number of hydrogen-bond acceptors (Lipinski definition) is 4. The van der Waals surface area contributed by atoms with E-state index in [9.17, 15) is 9.59 Å². The number of benzene rings is 1. The third-order valence-corrected chi connectivity index (χ3v) is 5.59. The third-order valence-electron chi connectivity index (χ3n) is 5.59. The molecule has 0 aliphatic rings. The fraction of sp³-hybridized carbons (Fsp3) is 0.500. The van der Waals surface area contributed by atoms with E-state index in [4.69, 9.17) is 4.42 Å². The molecule has 2 aromatic heterocycles. The largest absolute Gasteiger partial charge is 0.464 e. The number of aryl methyl sites for hydroxylation is 2. The van der Waals surface area contributed by atoms with Crippen molar-refractivity contribution in [1.82, 2.24) is 20.0 Å². The first-order chi connectivity index (χ1) is 15.6. The van der Waals surface area contributed by atoms with E-state index >= 15 is 0 Å². The summed E-state index contributed by atoms with van der Waals surface area (Å²) < 4.78 is 7.15. The van der Waals surface area contributed by atoms with Crippen LogP contribution in [0.3, 0.4) is 0 Å². The van der Waals surface area contributed by atoms with Crippen LogP contribution in [0.1, 0.15) is 44.6 Å². The second kappa shape index (κ2) is 10.7. The number of nitrogens with zero attached hydrogens (tertiary/aromatic N) is 3. The molecule has 7 heteroatoms. The van der Waals surface area contributed by atoms with Gasteiger partial charge >= 0.3 is 0 Å². The number of amides is 2. The molecule has 0 fully saturated rings. The highest BCUT2D eigenvalue weighted by atomic mass is 16.3. The van der Waals surface area contributed by atoms with Crippen LogP contribution < -0.4 is 5.32 Å². The molecule has 7 nitrogen and oxygen atoms in total. The minimum Gasteiger partial charge on any atom is -0.464 e. The molecule has 0 aliphatic carbocycles. The second-order valence-corrected chi connectivity index (χ2v) is 9.70. The summed E-state index contributed by atoms with van der Waals surface area (Å²) in [5, 5.41) is 8.38. The van der Waals surface area contributed by atoms with E-state index in [-0.39, 0.29) is 11.8 Å². The Morgan fingerprint density at radius 3 is 2.39 bits per heavy atom. The Hall–Kier alpha value is -3.09. The predicted molar refractivity (Wildman–Crippen MR) is 129 cm³/mol. The summed E-state index contributed by atoms with van der Waals surface area (Å²) in [6.45, 7) is 11.9. The second-order valence-electron chi connectivity index (χ2n) is 9.70. The van der Waals surface area contributed by atoms with Gasteiger partial charge in [0.2, 0.25) is 11.8 Å². The van der Waals surface area contributed by atoms with E-state index in [1.807, 2.05) is 49.2 Å². The first-order valence-corrected chi connectivity index (χ1v) is 11.7. The smallest absolute Gasteiger partial charge is 0.235 e. The zero-order valence-corrected chi connectivity index (χ0v) is 20.6. The molecular formula is C26H36N4O3. The van der Waals surface area contributed by atoms with Crippen molar-refractivity contribution in [3.8, 4) is 0 Å². The molecule has 2 heterocycles. The Labute approximate surface area is 196 Å². The molecule has 33 heavy (non-hydrogen) atoms.